The van der Waals surface area contributed by atoms with Crippen molar-refractivity contribution in [2.75, 3.05) is 5.75 Å². The monoisotopic (exact) mass is 323 g/mol. The van der Waals surface area contributed by atoms with Crippen molar-refractivity contribution in [1.82, 2.24) is 9.55 Å². The van der Waals surface area contributed by atoms with Crippen LogP contribution in [0.15, 0.2) is 28.3 Å². The van der Waals surface area contributed by atoms with E-state index in [2.05, 4.69) is 28.3 Å². The van der Waals surface area contributed by atoms with Crippen molar-refractivity contribution >= 4 is 32.8 Å². The predicted octanol–water partition coefficient (Wildman–Crippen LogP) is 2.21. The third-order valence-electron chi connectivity index (χ3n) is 2.91. The first-order valence-corrected chi connectivity index (χ1v) is 9.06. The maximum absolute atomic E-state index is 11.4. The molecular weight excluding hydrogens is 306 g/mol. The van der Waals surface area contributed by atoms with E-state index in [1.165, 1.54) is 12.1 Å². The van der Waals surface area contributed by atoms with Gasteiger partial charge in [-0.3, -0.25) is 0 Å². The SMILES string of the molecule is CC#CCSc1nc2cc(S(N)(=O)=O)ccc2n1CCC. The molecule has 0 radical (unpaired) electrons. The average molecular weight is 323 g/mol. The molecule has 2 aromatic rings. The number of nitrogens with zero attached hydrogens (tertiary/aromatic N) is 2. The Hall–Kier alpha value is -1.49. The largest absolute Gasteiger partial charge is 0.319 e. The summed E-state index contributed by atoms with van der Waals surface area (Å²) in [6.07, 6.45) is 0.968. The highest BCUT2D eigenvalue weighted by Crippen LogP contribution is 2.26. The number of benzene rings is 1. The average Bonchev–Trinajstić information content (AvgIpc) is 2.76. The van der Waals surface area contributed by atoms with Gasteiger partial charge < -0.3 is 4.57 Å². The van der Waals surface area contributed by atoms with Crippen LogP contribution in [0.2, 0.25) is 0 Å². The van der Waals surface area contributed by atoms with Crippen molar-refractivity contribution in [3.63, 3.8) is 0 Å². The summed E-state index contributed by atoms with van der Waals surface area (Å²) in [5.41, 5.74) is 1.55. The topological polar surface area (TPSA) is 78.0 Å². The molecule has 5 nitrogen and oxygen atoms in total. The van der Waals surface area contributed by atoms with E-state index in [-0.39, 0.29) is 4.90 Å². The summed E-state index contributed by atoms with van der Waals surface area (Å²) in [6, 6.07) is 4.80. The van der Waals surface area contributed by atoms with E-state index in [1.54, 1.807) is 24.8 Å². The van der Waals surface area contributed by atoms with Gasteiger partial charge >= 0.3 is 0 Å². The van der Waals surface area contributed by atoms with Crippen LogP contribution in [-0.2, 0) is 16.6 Å². The summed E-state index contributed by atoms with van der Waals surface area (Å²) >= 11 is 1.55. The second-order valence-electron chi connectivity index (χ2n) is 4.46. The molecule has 2 N–H and O–H groups in total. The summed E-state index contributed by atoms with van der Waals surface area (Å²) in [6.45, 7) is 4.71. The minimum Gasteiger partial charge on any atom is -0.319 e. The van der Waals surface area contributed by atoms with Gasteiger partial charge in [0.1, 0.15) is 0 Å². The molecule has 112 valence electrons. The Labute approximate surface area is 129 Å². The highest BCUT2D eigenvalue weighted by atomic mass is 32.2. The van der Waals surface area contributed by atoms with Gasteiger partial charge in [-0.25, -0.2) is 18.5 Å². The Balaban J connectivity index is 2.52. The molecule has 0 aliphatic carbocycles. The van der Waals surface area contributed by atoms with Gasteiger partial charge in [0.25, 0.3) is 0 Å². The van der Waals surface area contributed by atoms with E-state index in [1.807, 2.05) is 0 Å². The number of nitrogens with two attached hydrogens (primary N) is 1. The Bertz CT molecular complexity index is 814. The van der Waals surface area contributed by atoms with Crippen LogP contribution in [0, 0.1) is 11.8 Å². The normalized spacial score (nSPS) is 11.4. The van der Waals surface area contributed by atoms with Gasteiger partial charge in [0.2, 0.25) is 10.0 Å². The molecule has 21 heavy (non-hydrogen) atoms. The molecule has 1 aromatic heterocycles. The van der Waals surface area contributed by atoms with E-state index < -0.39 is 10.0 Å². The van der Waals surface area contributed by atoms with Crippen molar-refractivity contribution in [2.45, 2.75) is 36.9 Å². The van der Waals surface area contributed by atoms with Gasteiger partial charge in [-0.15, -0.1) is 5.92 Å². The number of thioether (sulfide) groups is 1. The highest BCUT2D eigenvalue weighted by Gasteiger charge is 2.14. The van der Waals surface area contributed by atoms with Gasteiger partial charge in [0.15, 0.2) is 5.16 Å². The number of aryl methyl sites for hydroxylation is 1. The zero-order valence-corrected chi connectivity index (χ0v) is 13.6. The van der Waals surface area contributed by atoms with Crippen LogP contribution in [-0.4, -0.2) is 23.7 Å². The first kappa shape index (κ1) is 15.9. The molecule has 0 bridgehead atoms. The van der Waals surface area contributed by atoms with E-state index in [4.69, 9.17) is 5.14 Å². The lowest BCUT2D eigenvalue weighted by molar-refractivity contribution is 0.598. The first-order valence-electron chi connectivity index (χ1n) is 6.53. The number of fused-ring (bicyclic) bond motifs is 1. The minimum atomic E-state index is -3.71. The lowest BCUT2D eigenvalue weighted by Crippen LogP contribution is -2.11. The zero-order chi connectivity index (χ0) is 15.5. The lowest BCUT2D eigenvalue weighted by atomic mass is 10.3. The molecular formula is C14H17N3O2S2. The van der Waals surface area contributed by atoms with Crippen LogP contribution in [0.3, 0.4) is 0 Å². The van der Waals surface area contributed by atoms with Crippen molar-refractivity contribution in [1.29, 1.82) is 0 Å². The summed E-state index contributed by atoms with van der Waals surface area (Å²) in [5, 5.41) is 6.01. The van der Waals surface area contributed by atoms with E-state index >= 15 is 0 Å². The van der Waals surface area contributed by atoms with Gasteiger partial charge in [-0.1, -0.05) is 24.6 Å². The highest BCUT2D eigenvalue weighted by molar-refractivity contribution is 7.99. The second kappa shape index (κ2) is 6.52. The van der Waals surface area contributed by atoms with Crippen molar-refractivity contribution in [3.8, 4) is 11.8 Å². The van der Waals surface area contributed by atoms with Gasteiger partial charge in [0, 0.05) is 6.54 Å². The standard InChI is InChI=1S/C14H17N3O2S2/c1-3-5-9-20-14-16-12-10-11(21(15,18)19)6-7-13(12)17(14)8-4-2/h6-7,10H,4,8-9H2,1-2H3,(H2,15,18,19). The Morgan fingerprint density at radius 2 is 2.19 bits per heavy atom. The fraction of sp³-hybridized carbons (Fsp3) is 0.357. The second-order valence-corrected chi connectivity index (χ2v) is 6.96. The molecule has 1 heterocycles. The van der Waals surface area contributed by atoms with Crippen LogP contribution >= 0.6 is 11.8 Å². The van der Waals surface area contributed by atoms with Gasteiger partial charge in [0.05, 0.1) is 21.7 Å². The smallest absolute Gasteiger partial charge is 0.238 e. The van der Waals surface area contributed by atoms with Crippen molar-refractivity contribution in [3.05, 3.63) is 18.2 Å². The fourth-order valence-electron chi connectivity index (χ4n) is 1.99. The molecule has 0 spiro atoms. The van der Waals surface area contributed by atoms with E-state index in [0.717, 1.165) is 23.6 Å². The summed E-state index contributed by atoms with van der Waals surface area (Å²) in [4.78, 5) is 4.60. The van der Waals surface area contributed by atoms with Gasteiger partial charge in [-0.05, 0) is 31.5 Å². The number of hydrogen-bond donors (Lipinski definition) is 1. The Morgan fingerprint density at radius 3 is 2.81 bits per heavy atom. The molecule has 1 aromatic carbocycles. The fourth-order valence-corrected chi connectivity index (χ4v) is 3.37. The number of sulfonamides is 1. The molecule has 0 saturated heterocycles. The molecule has 0 saturated carbocycles. The summed E-state index contributed by atoms with van der Waals surface area (Å²) < 4.78 is 24.9. The molecule has 2 rings (SSSR count). The van der Waals surface area contributed by atoms with Crippen LogP contribution in [0.4, 0.5) is 0 Å². The molecule has 0 atom stereocenters. The third kappa shape index (κ3) is 3.59. The quantitative estimate of drug-likeness (QED) is 0.676. The molecule has 0 amide bonds. The Kier molecular flexibility index (Phi) is 4.93. The van der Waals surface area contributed by atoms with Crippen LogP contribution in [0.5, 0.6) is 0 Å². The lowest BCUT2D eigenvalue weighted by Gasteiger charge is -2.06. The van der Waals surface area contributed by atoms with Crippen LogP contribution in [0.1, 0.15) is 20.3 Å². The van der Waals surface area contributed by atoms with Crippen LogP contribution in [0.25, 0.3) is 11.0 Å². The number of primary sulfonamides is 1. The third-order valence-corrected chi connectivity index (χ3v) is 4.68. The Morgan fingerprint density at radius 1 is 1.43 bits per heavy atom. The molecule has 0 aliphatic heterocycles. The van der Waals surface area contributed by atoms with E-state index in [0.29, 0.717) is 11.3 Å². The minimum absolute atomic E-state index is 0.0843. The molecule has 7 heteroatoms. The molecule has 0 unspecified atom stereocenters. The number of rotatable bonds is 5. The van der Waals surface area contributed by atoms with Crippen LogP contribution < -0.4 is 5.14 Å². The van der Waals surface area contributed by atoms with Gasteiger partial charge in [-0.2, -0.15) is 0 Å². The number of imidazole rings is 1. The van der Waals surface area contributed by atoms with Crippen molar-refractivity contribution in [2.24, 2.45) is 5.14 Å². The maximum Gasteiger partial charge on any atom is 0.238 e. The molecule has 0 aliphatic rings. The predicted molar refractivity (Wildman–Crippen MR) is 85.6 cm³/mol. The molecule has 0 fully saturated rings. The van der Waals surface area contributed by atoms with E-state index in [9.17, 15) is 8.42 Å². The zero-order valence-electron chi connectivity index (χ0n) is 12.0. The maximum atomic E-state index is 11.4. The number of aromatic nitrogens is 2. The number of hydrogen-bond acceptors (Lipinski definition) is 4. The summed E-state index contributed by atoms with van der Waals surface area (Å²) in [7, 11) is -3.71. The first-order chi connectivity index (χ1) is 9.97. The summed E-state index contributed by atoms with van der Waals surface area (Å²) in [5.74, 6) is 6.50. The van der Waals surface area contributed by atoms with Crippen molar-refractivity contribution < 1.29 is 8.42 Å².